The minimum atomic E-state index is 0.332. The van der Waals surface area contributed by atoms with Gasteiger partial charge in [0.1, 0.15) is 0 Å². The summed E-state index contributed by atoms with van der Waals surface area (Å²) in [4.78, 5) is 2.68. The molecule has 2 atom stereocenters. The van der Waals surface area contributed by atoms with Crippen LogP contribution in [0.2, 0.25) is 0 Å². The van der Waals surface area contributed by atoms with E-state index in [1.54, 1.807) is 0 Å². The molecule has 2 heterocycles. The third-order valence-corrected chi connectivity index (χ3v) is 6.05. The van der Waals surface area contributed by atoms with Crippen molar-refractivity contribution in [3.8, 4) is 0 Å². The smallest absolute Gasteiger partial charge is 0.0422 e. The van der Waals surface area contributed by atoms with Gasteiger partial charge >= 0.3 is 0 Å². The highest BCUT2D eigenvalue weighted by Crippen LogP contribution is 2.34. The average Bonchev–Trinajstić information content (AvgIpc) is 2.30. The molecular formula is C11H22N2S2. The number of rotatable bonds is 2. The molecule has 2 aliphatic rings. The maximum absolute atomic E-state index is 6.05. The van der Waals surface area contributed by atoms with Gasteiger partial charge in [-0.3, -0.25) is 4.90 Å². The third kappa shape index (κ3) is 2.65. The summed E-state index contributed by atoms with van der Waals surface area (Å²) in [6.07, 6.45) is 2.66. The van der Waals surface area contributed by atoms with Crippen LogP contribution < -0.4 is 5.73 Å². The standard InChI is InChI=1S/C11H22N2S2/c1-10-7-13(4-6-15-10)11(8-12)3-2-5-14-9-11/h10H,2-9,12H2,1H3. The van der Waals surface area contributed by atoms with Gasteiger partial charge in [0.2, 0.25) is 0 Å². The van der Waals surface area contributed by atoms with Gasteiger partial charge in [0, 0.05) is 41.9 Å². The Morgan fingerprint density at radius 2 is 2.33 bits per heavy atom. The molecule has 0 saturated carbocycles. The maximum atomic E-state index is 6.05. The number of hydrogen-bond acceptors (Lipinski definition) is 4. The number of nitrogens with zero attached hydrogens (tertiary/aromatic N) is 1. The first-order valence-electron chi connectivity index (χ1n) is 5.91. The minimum absolute atomic E-state index is 0.332. The van der Waals surface area contributed by atoms with E-state index >= 15 is 0 Å². The van der Waals surface area contributed by atoms with Crippen molar-refractivity contribution in [1.29, 1.82) is 0 Å². The fraction of sp³-hybridized carbons (Fsp3) is 1.00. The Bertz CT molecular complexity index is 205. The van der Waals surface area contributed by atoms with Crippen molar-refractivity contribution in [2.24, 2.45) is 5.73 Å². The fourth-order valence-electron chi connectivity index (χ4n) is 2.63. The SMILES string of the molecule is CC1CN(C2(CN)CCCSC2)CCS1. The van der Waals surface area contributed by atoms with E-state index in [9.17, 15) is 0 Å². The van der Waals surface area contributed by atoms with Crippen molar-refractivity contribution in [1.82, 2.24) is 4.90 Å². The van der Waals surface area contributed by atoms with Gasteiger partial charge in [-0.25, -0.2) is 0 Å². The zero-order chi connectivity index (χ0) is 10.7. The van der Waals surface area contributed by atoms with Gasteiger partial charge in [0.05, 0.1) is 0 Å². The molecule has 2 fully saturated rings. The molecular weight excluding hydrogens is 224 g/mol. The molecule has 0 radical (unpaired) electrons. The molecule has 0 aliphatic carbocycles. The van der Waals surface area contributed by atoms with E-state index < -0.39 is 0 Å². The second kappa shape index (κ2) is 5.30. The lowest BCUT2D eigenvalue weighted by Crippen LogP contribution is -2.60. The van der Waals surface area contributed by atoms with E-state index in [0.717, 1.165) is 11.8 Å². The molecule has 0 aromatic carbocycles. The zero-order valence-corrected chi connectivity index (χ0v) is 11.2. The first kappa shape index (κ1) is 12.1. The lowest BCUT2D eigenvalue weighted by Gasteiger charge is -2.48. The van der Waals surface area contributed by atoms with E-state index in [4.69, 9.17) is 5.73 Å². The van der Waals surface area contributed by atoms with Crippen LogP contribution in [0.3, 0.4) is 0 Å². The van der Waals surface area contributed by atoms with Gasteiger partial charge in [-0.1, -0.05) is 6.92 Å². The molecule has 0 bridgehead atoms. The summed E-state index contributed by atoms with van der Waals surface area (Å²) in [7, 11) is 0. The molecule has 0 aromatic rings. The fourth-order valence-corrected chi connectivity index (χ4v) is 4.96. The monoisotopic (exact) mass is 246 g/mol. The molecule has 88 valence electrons. The van der Waals surface area contributed by atoms with Gasteiger partial charge < -0.3 is 5.73 Å². The molecule has 2 N–H and O–H groups in total. The van der Waals surface area contributed by atoms with Crippen molar-refractivity contribution in [3.63, 3.8) is 0 Å². The Kier molecular flexibility index (Phi) is 4.27. The molecule has 2 saturated heterocycles. The van der Waals surface area contributed by atoms with E-state index in [1.165, 1.54) is 43.2 Å². The Balaban J connectivity index is 2.03. The Labute approximate surface area is 102 Å². The van der Waals surface area contributed by atoms with Crippen molar-refractivity contribution in [2.45, 2.75) is 30.6 Å². The molecule has 0 aromatic heterocycles. The van der Waals surface area contributed by atoms with Crippen LogP contribution in [0.5, 0.6) is 0 Å². The van der Waals surface area contributed by atoms with Gasteiger partial charge in [0.15, 0.2) is 0 Å². The number of nitrogens with two attached hydrogens (primary N) is 1. The minimum Gasteiger partial charge on any atom is -0.329 e. The molecule has 4 heteroatoms. The van der Waals surface area contributed by atoms with Crippen LogP contribution in [0.15, 0.2) is 0 Å². The molecule has 15 heavy (non-hydrogen) atoms. The normalized spacial score (nSPS) is 39.2. The summed E-state index contributed by atoms with van der Waals surface area (Å²) in [5.74, 6) is 3.87. The molecule has 2 rings (SSSR count). The molecule has 2 nitrogen and oxygen atoms in total. The van der Waals surface area contributed by atoms with Crippen LogP contribution in [0.25, 0.3) is 0 Å². The van der Waals surface area contributed by atoms with Gasteiger partial charge in [-0.05, 0) is 18.6 Å². The largest absolute Gasteiger partial charge is 0.329 e. The second-order valence-electron chi connectivity index (χ2n) is 4.71. The van der Waals surface area contributed by atoms with Crippen LogP contribution in [0.1, 0.15) is 19.8 Å². The molecule has 0 amide bonds. The highest BCUT2D eigenvalue weighted by atomic mass is 32.2. The predicted molar refractivity (Wildman–Crippen MR) is 71.8 cm³/mol. The summed E-state index contributed by atoms with van der Waals surface area (Å²) in [6.45, 7) is 5.67. The summed E-state index contributed by atoms with van der Waals surface area (Å²) >= 11 is 4.20. The van der Waals surface area contributed by atoms with E-state index in [1.807, 2.05) is 0 Å². The summed E-state index contributed by atoms with van der Waals surface area (Å²) in [5, 5.41) is 0.786. The third-order valence-electron chi connectivity index (χ3n) is 3.59. The van der Waals surface area contributed by atoms with Crippen LogP contribution >= 0.6 is 23.5 Å². The van der Waals surface area contributed by atoms with E-state index in [-0.39, 0.29) is 0 Å². The maximum Gasteiger partial charge on any atom is 0.0422 e. The molecule has 2 unspecified atom stereocenters. The Morgan fingerprint density at radius 3 is 2.93 bits per heavy atom. The highest BCUT2D eigenvalue weighted by molar-refractivity contribution is 8.00. The Morgan fingerprint density at radius 1 is 1.47 bits per heavy atom. The summed E-state index contributed by atoms with van der Waals surface area (Å²) in [5.41, 5.74) is 6.38. The van der Waals surface area contributed by atoms with Crippen LogP contribution in [-0.2, 0) is 0 Å². The Hall–Kier alpha value is 0.620. The van der Waals surface area contributed by atoms with Crippen molar-refractivity contribution < 1.29 is 0 Å². The van der Waals surface area contributed by atoms with Crippen LogP contribution in [-0.4, -0.2) is 52.6 Å². The quantitative estimate of drug-likeness (QED) is 0.802. The average molecular weight is 246 g/mol. The van der Waals surface area contributed by atoms with Gasteiger partial charge in [-0.15, -0.1) is 0 Å². The predicted octanol–water partition coefficient (Wildman–Crippen LogP) is 1.65. The van der Waals surface area contributed by atoms with Crippen LogP contribution in [0.4, 0.5) is 0 Å². The van der Waals surface area contributed by atoms with E-state index in [0.29, 0.717) is 5.54 Å². The summed E-state index contributed by atoms with van der Waals surface area (Å²) < 4.78 is 0. The highest BCUT2D eigenvalue weighted by Gasteiger charge is 2.38. The molecule has 2 aliphatic heterocycles. The first-order valence-corrected chi connectivity index (χ1v) is 8.12. The van der Waals surface area contributed by atoms with Crippen molar-refractivity contribution >= 4 is 23.5 Å². The lowest BCUT2D eigenvalue weighted by molar-refractivity contribution is 0.108. The second-order valence-corrected chi connectivity index (χ2v) is 7.36. The first-order chi connectivity index (χ1) is 7.27. The van der Waals surface area contributed by atoms with Crippen molar-refractivity contribution in [2.75, 3.05) is 36.9 Å². The number of thioether (sulfide) groups is 2. The number of hydrogen-bond donors (Lipinski definition) is 1. The van der Waals surface area contributed by atoms with E-state index in [2.05, 4.69) is 35.3 Å². The van der Waals surface area contributed by atoms with Gasteiger partial charge in [0.25, 0.3) is 0 Å². The van der Waals surface area contributed by atoms with Gasteiger partial charge in [-0.2, -0.15) is 23.5 Å². The zero-order valence-electron chi connectivity index (χ0n) is 9.58. The van der Waals surface area contributed by atoms with Crippen LogP contribution in [0, 0.1) is 0 Å². The topological polar surface area (TPSA) is 29.3 Å². The van der Waals surface area contributed by atoms with Crippen molar-refractivity contribution in [3.05, 3.63) is 0 Å². The molecule has 0 spiro atoms. The summed E-state index contributed by atoms with van der Waals surface area (Å²) in [6, 6.07) is 0. The lowest BCUT2D eigenvalue weighted by atomic mass is 9.92.